The molecule has 0 radical (unpaired) electrons. The maximum Gasteiger partial charge on any atom is 0.419 e. The van der Waals surface area contributed by atoms with Crippen LogP contribution in [0.4, 0.5) is 17.6 Å². The lowest BCUT2D eigenvalue weighted by atomic mass is 10.1. The molecule has 1 aromatic carbocycles. The van der Waals surface area contributed by atoms with Gasteiger partial charge in [-0.2, -0.15) is 13.2 Å². The molecule has 0 atom stereocenters. The topological polar surface area (TPSA) is 21.3 Å². The molecule has 114 valence electrons. The van der Waals surface area contributed by atoms with Crippen LogP contribution < -0.4 is 10.1 Å². The summed E-state index contributed by atoms with van der Waals surface area (Å²) in [5.74, 6) is -0.338. The van der Waals surface area contributed by atoms with E-state index in [4.69, 9.17) is 4.74 Å². The Morgan fingerprint density at radius 3 is 2.30 bits per heavy atom. The molecule has 0 aliphatic heterocycles. The van der Waals surface area contributed by atoms with E-state index in [9.17, 15) is 17.6 Å². The Labute approximate surface area is 116 Å². The van der Waals surface area contributed by atoms with E-state index in [-0.39, 0.29) is 17.9 Å². The van der Waals surface area contributed by atoms with Gasteiger partial charge in [0, 0.05) is 12.1 Å². The van der Waals surface area contributed by atoms with E-state index in [2.05, 4.69) is 5.32 Å². The highest BCUT2D eigenvalue weighted by Crippen LogP contribution is 2.36. The second-order valence-electron chi connectivity index (χ2n) is 5.47. The van der Waals surface area contributed by atoms with Gasteiger partial charge in [-0.1, -0.05) is 6.07 Å². The summed E-state index contributed by atoms with van der Waals surface area (Å²) in [5, 5.41) is 3.11. The molecule has 1 aromatic rings. The van der Waals surface area contributed by atoms with Gasteiger partial charge in [0.1, 0.15) is 19.0 Å². The Bertz CT molecular complexity index is 438. The van der Waals surface area contributed by atoms with Gasteiger partial charge in [-0.3, -0.25) is 0 Å². The molecule has 0 bridgehead atoms. The molecule has 2 nitrogen and oxygen atoms in total. The fraction of sp³-hybridized carbons (Fsp3) is 0.571. The highest BCUT2D eigenvalue weighted by Gasteiger charge is 2.34. The third-order valence-corrected chi connectivity index (χ3v) is 2.51. The van der Waals surface area contributed by atoms with Crippen molar-refractivity contribution < 1.29 is 22.3 Å². The number of alkyl halides is 4. The molecule has 6 heteroatoms. The van der Waals surface area contributed by atoms with Crippen molar-refractivity contribution in [2.45, 2.75) is 39.0 Å². The van der Waals surface area contributed by atoms with Gasteiger partial charge in [0.05, 0.1) is 5.56 Å². The summed E-state index contributed by atoms with van der Waals surface area (Å²) in [7, 11) is 0. The summed E-state index contributed by atoms with van der Waals surface area (Å²) in [4.78, 5) is 0. The first-order valence-electron chi connectivity index (χ1n) is 6.27. The van der Waals surface area contributed by atoms with E-state index < -0.39 is 18.4 Å². The molecule has 20 heavy (non-hydrogen) atoms. The van der Waals surface area contributed by atoms with Crippen molar-refractivity contribution in [3.8, 4) is 5.75 Å². The Hall–Kier alpha value is -1.30. The van der Waals surface area contributed by atoms with E-state index >= 15 is 0 Å². The maximum atomic E-state index is 12.9. The van der Waals surface area contributed by atoms with Crippen molar-refractivity contribution in [2.24, 2.45) is 0 Å². The SMILES string of the molecule is CC(C)(C)NCc1ccc(OCCF)c(C(F)(F)F)c1. The molecule has 0 saturated heterocycles. The predicted octanol–water partition coefficient (Wildman–Crippen LogP) is 3.94. The number of rotatable bonds is 5. The van der Waals surface area contributed by atoms with E-state index in [0.717, 1.165) is 6.07 Å². The molecule has 0 saturated carbocycles. The zero-order chi connectivity index (χ0) is 15.4. The molecule has 0 aliphatic carbocycles. The lowest BCUT2D eigenvalue weighted by Crippen LogP contribution is -2.35. The lowest BCUT2D eigenvalue weighted by molar-refractivity contribution is -0.139. The number of ether oxygens (including phenoxy) is 1. The van der Waals surface area contributed by atoms with Crippen molar-refractivity contribution in [3.63, 3.8) is 0 Å². The minimum Gasteiger partial charge on any atom is -0.490 e. The predicted molar refractivity (Wildman–Crippen MR) is 69.5 cm³/mol. The smallest absolute Gasteiger partial charge is 0.419 e. The first kappa shape index (κ1) is 16.8. The lowest BCUT2D eigenvalue weighted by Gasteiger charge is -2.21. The maximum absolute atomic E-state index is 12.9. The summed E-state index contributed by atoms with van der Waals surface area (Å²) >= 11 is 0. The first-order chi connectivity index (χ1) is 9.13. The van der Waals surface area contributed by atoms with Gasteiger partial charge in [0.2, 0.25) is 0 Å². The summed E-state index contributed by atoms with van der Waals surface area (Å²) in [5.41, 5.74) is -0.569. The number of hydrogen-bond donors (Lipinski definition) is 1. The number of hydrogen-bond acceptors (Lipinski definition) is 2. The third-order valence-electron chi connectivity index (χ3n) is 2.51. The summed E-state index contributed by atoms with van der Waals surface area (Å²) in [6.07, 6.45) is -4.52. The highest BCUT2D eigenvalue weighted by molar-refractivity contribution is 5.39. The van der Waals surface area contributed by atoms with Crippen LogP contribution in [-0.2, 0) is 12.7 Å². The standard InChI is InChI=1S/C14H19F4NO/c1-13(2,3)19-9-10-4-5-12(20-7-6-15)11(8-10)14(16,17)18/h4-5,8,19H,6-7,9H2,1-3H3. The van der Waals surface area contributed by atoms with Crippen LogP contribution in [0.2, 0.25) is 0 Å². The fourth-order valence-electron chi connectivity index (χ4n) is 1.55. The van der Waals surface area contributed by atoms with Crippen LogP contribution in [0.5, 0.6) is 5.75 Å². The molecule has 0 aromatic heterocycles. The monoisotopic (exact) mass is 293 g/mol. The Kier molecular flexibility index (Phi) is 5.39. The van der Waals surface area contributed by atoms with E-state index in [1.165, 1.54) is 6.07 Å². The largest absolute Gasteiger partial charge is 0.490 e. The third kappa shape index (κ3) is 5.36. The molecule has 1 N–H and O–H groups in total. The molecular weight excluding hydrogens is 274 g/mol. The van der Waals surface area contributed by atoms with Crippen LogP contribution in [0.3, 0.4) is 0 Å². The molecule has 0 aliphatic rings. The number of nitrogens with one attached hydrogen (secondary N) is 1. The highest BCUT2D eigenvalue weighted by atomic mass is 19.4. The van der Waals surface area contributed by atoms with Crippen LogP contribution in [0, 0.1) is 0 Å². The van der Waals surface area contributed by atoms with Gasteiger partial charge < -0.3 is 10.1 Å². The Morgan fingerprint density at radius 2 is 1.80 bits per heavy atom. The average Bonchev–Trinajstić information content (AvgIpc) is 2.32. The summed E-state index contributed by atoms with van der Waals surface area (Å²) < 4.78 is 55.6. The average molecular weight is 293 g/mol. The van der Waals surface area contributed by atoms with Gasteiger partial charge in [0.25, 0.3) is 0 Å². The van der Waals surface area contributed by atoms with Crippen molar-refractivity contribution in [2.75, 3.05) is 13.3 Å². The molecule has 0 unspecified atom stereocenters. The summed E-state index contributed by atoms with van der Waals surface area (Å²) in [6, 6.07) is 3.81. The van der Waals surface area contributed by atoms with Gasteiger partial charge in [-0.25, -0.2) is 4.39 Å². The molecular formula is C14H19F4NO. The number of halogens is 4. The van der Waals surface area contributed by atoms with E-state index in [1.54, 1.807) is 6.07 Å². The quantitative estimate of drug-likeness (QED) is 0.830. The zero-order valence-corrected chi connectivity index (χ0v) is 11.8. The van der Waals surface area contributed by atoms with Gasteiger partial charge >= 0.3 is 6.18 Å². The molecule has 1 rings (SSSR count). The minimum atomic E-state index is -4.52. The van der Waals surface area contributed by atoms with Crippen LogP contribution in [0.1, 0.15) is 31.9 Å². The molecule has 0 spiro atoms. The zero-order valence-electron chi connectivity index (χ0n) is 11.8. The fourth-order valence-corrected chi connectivity index (χ4v) is 1.55. The minimum absolute atomic E-state index is 0.193. The van der Waals surface area contributed by atoms with E-state index in [0.29, 0.717) is 12.1 Å². The van der Waals surface area contributed by atoms with E-state index in [1.807, 2.05) is 20.8 Å². The van der Waals surface area contributed by atoms with Crippen molar-refractivity contribution in [1.82, 2.24) is 5.32 Å². The van der Waals surface area contributed by atoms with Gasteiger partial charge in [-0.05, 0) is 38.5 Å². The summed E-state index contributed by atoms with van der Waals surface area (Å²) in [6.45, 7) is 4.88. The second-order valence-corrected chi connectivity index (χ2v) is 5.47. The molecule has 0 heterocycles. The van der Waals surface area contributed by atoms with Crippen LogP contribution in [0.25, 0.3) is 0 Å². The van der Waals surface area contributed by atoms with Crippen LogP contribution >= 0.6 is 0 Å². The second kappa shape index (κ2) is 6.43. The van der Waals surface area contributed by atoms with Gasteiger partial charge in [0.15, 0.2) is 0 Å². The normalized spacial score (nSPS) is 12.6. The van der Waals surface area contributed by atoms with Crippen LogP contribution in [-0.4, -0.2) is 18.8 Å². The van der Waals surface area contributed by atoms with Crippen LogP contribution in [0.15, 0.2) is 18.2 Å². The Balaban J connectivity index is 2.96. The number of benzene rings is 1. The first-order valence-corrected chi connectivity index (χ1v) is 6.27. The van der Waals surface area contributed by atoms with Crippen molar-refractivity contribution in [1.29, 1.82) is 0 Å². The van der Waals surface area contributed by atoms with Crippen molar-refractivity contribution >= 4 is 0 Å². The van der Waals surface area contributed by atoms with Gasteiger partial charge in [-0.15, -0.1) is 0 Å². The molecule has 0 fully saturated rings. The molecule has 0 amide bonds. The Morgan fingerprint density at radius 1 is 1.15 bits per heavy atom. The van der Waals surface area contributed by atoms with Crippen molar-refractivity contribution in [3.05, 3.63) is 29.3 Å².